The molecule has 3 atom stereocenters. The third-order valence-corrected chi connectivity index (χ3v) is 8.62. The first kappa shape index (κ1) is 28.4. The normalized spacial score (nSPS) is 28.3. The maximum Gasteiger partial charge on any atom is 0.255 e. The van der Waals surface area contributed by atoms with Gasteiger partial charge in [-0.3, -0.25) is 20.0 Å². The Morgan fingerprint density at radius 2 is 1.58 bits per heavy atom. The van der Waals surface area contributed by atoms with E-state index in [9.17, 15) is 9.59 Å². The summed E-state index contributed by atoms with van der Waals surface area (Å²) < 4.78 is 6.67. The molecule has 3 aliphatic rings. The number of nitrogens with one attached hydrogen (secondary N) is 2. The zero-order valence-corrected chi connectivity index (χ0v) is 23.7. The predicted octanol–water partition coefficient (Wildman–Crippen LogP) is 6.39. The highest BCUT2D eigenvalue weighted by molar-refractivity contribution is 5.96. The zero-order chi connectivity index (χ0) is 27.1. The quantitative estimate of drug-likeness (QED) is 0.207. The molecule has 1 aromatic carbocycles. The fourth-order valence-electron chi connectivity index (χ4n) is 6.18. The average Bonchev–Trinajstić information content (AvgIpc) is 3.21. The van der Waals surface area contributed by atoms with Crippen LogP contribution in [0.3, 0.4) is 0 Å². The van der Waals surface area contributed by atoms with Gasteiger partial charge in [0.1, 0.15) is 5.54 Å². The van der Waals surface area contributed by atoms with Gasteiger partial charge in [-0.2, -0.15) is 0 Å². The average molecular weight is 522 g/mol. The molecule has 2 amide bonds. The number of para-hydroxylation sites is 1. The lowest BCUT2D eigenvalue weighted by molar-refractivity contribution is -0.193. The molecule has 0 bridgehead atoms. The largest absolute Gasteiger partial charge is 0.361 e. The van der Waals surface area contributed by atoms with Gasteiger partial charge in [-0.05, 0) is 45.2 Å². The van der Waals surface area contributed by atoms with Crippen molar-refractivity contribution in [2.45, 2.75) is 109 Å². The van der Waals surface area contributed by atoms with Crippen molar-refractivity contribution in [3.63, 3.8) is 0 Å². The summed E-state index contributed by atoms with van der Waals surface area (Å²) >= 11 is 0. The van der Waals surface area contributed by atoms with Crippen molar-refractivity contribution in [1.29, 1.82) is 0 Å². The van der Waals surface area contributed by atoms with Crippen LogP contribution in [0.4, 0.5) is 5.69 Å². The third kappa shape index (κ3) is 6.01. The van der Waals surface area contributed by atoms with E-state index in [1.807, 2.05) is 48.3 Å². The van der Waals surface area contributed by atoms with E-state index in [2.05, 4.69) is 36.7 Å². The topological polar surface area (TPSA) is 70.7 Å². The summed E-state index contributed by atoms with van der Waals surface area (Å²) in [6, 6.07) is 9.85. The highest BCUT2D eigenvalue weighted by Crippen LogP contribution is 2.47. The molecule has 0 saturated carbocycles. The number of allylic oxidation sites excluding steroid dienone is 2. The molecule has 1 aromatic rings. The van der Waals surface area contributed by atoms with E-state index >= 15 is 0 Å². The molecule has 1 aliphatic carbocycles. The van der Waals surface area contributed by atoms with Crippen molar-refractivity contribution >= 4 is 17.5 Å². The monoisotopic (exact) mass is 521 g/mol. The predicted molar refractivity (Wildman–Crippen MR) is 154 cm³/mol. The summed E-state index contributed by atoms with van der Waals surface area (Å²) in [6.07, 6.45) is 20.1. The molecule has 2 heterocycles. The lowest BCUT2D eigenvalue weighted by Crippen LogP contribution is -2.82. The number of anilines is 1. The Balaban J connectivity index is 1.37. The number of rotatable bonds is 15. The van der Waals surface area contributed by atoms with E-state index in [4.69, 9.17) is 4.74 Å². The molecule has 2 aliphatic heterocycles. The second-order valence-corrected chi connectivity index (χ2v) is 11.9. The number of nitrogens with zero attached hydrogens (tertiary/aromatic N) is 1. The van der Waals surface area contributed by atoms with Crippen molar-refractivity contribution in [3.05, 3.63) is 54.1 Å². The molecule has 2 fully saturated rings. The van der Waals surface area contributed by atoms with Crippen LogP contribution in [0.15, 0.2) is 54.1 Å². The number of β-lactam (4-membered cyclic amide) rings is 1. The number of unbranched alkanes of at least 4 members (excludes halogenated alkanes) is 9. The SMILES string of the molecule is CCCCCCCCCCCCC1(OCC2(C)CN(c3ccccc3)NC2=O)C(=O)NC12C=CC=C(C)C2. The molecule has 208 valence electrons. The van der Waals surface area contributed by atoms with E-state index in [0.717, 1.165) is 24.9 Å². The van der Waals surface area contributed by atoms with E-state index in [-0.39, 0.29) is 18.4 Å². The first-order valence-corrected chi connectivity index (χ1v) is 14.8. The summed E-state index contributed by atoms with van der Waals surface area (Å²) in [6.45, 7) is 6.99. The van der Waals surface area contributed by atoms with Gasteiger partial charge in [0.15, 0.2) is 5.60 Å². The Labute approximate surface area is 229 Å². The van der Waals surface area contributed by atoms with E-state index in [1.165, 1.54) is 56.9 Å². The molecule has 38 heavy (non-hydrogen) atoms. The number of hydrazine groups is 1. The smallest absolute Gasteiger partial charge is 0.255 e. The molecule has 0 radical (unpaired) electrons. The third-order valence-electron chi connectivity index (χ3n) is 8.62. The molecule has 2 N–H and O–H groups in total. The summed E-state index contributed by atoms with van der Waals surface area (Å²) in [5.41, 5.74) is 2.94. The van der Waals surface area contributed by atoms with E-state index in [0.29, 0.717) is 13.0 Å². The zero-order valence-electron chi connectivity index (χ0n) is 23.7. The Kier molecular flexibility index (Phi) is 9.35. The lowest BCUT2D eigenvalue weighted by Gasteiger charge is -2.58. The molecular formula is C32H47N3O3. The number of hydrogen-bond donors (Lipinski definition) is 2. The second-order valence-electron chi connectivity index (χ2n) is 11.9. The van der Waals surface area contributed by atoms with Gasteiger partial charge in [0.05, 0.1) is 24.3 Å². The fourth-order valence-corrected chi connectivity index (χ4v) is 6.18. The van der Waals surface area contributed by atoms with Crippen LogP contribution in [-0.2, 0) is 14.3 Å². The number of carbonyl (C=O) groups excluding carboxylic acids is 2. The first-order chi connectivity index (χ1) is 18.3. The van der Waals surface area contributed by atoms with Gasteiger partial charge in [0, 0.05) is 0 Å². The van der Waals surface area contributed by atoms with Crippen LogP contribution in [0.25, 0.3) is 0 Å². The van der Waals surface area contributed by atoms with Crippen LogP contribution < -0.4 is 15.8 Å². The van der Waals surface area contributed by atoms with Gasteiger partial charge in [-0.15, -0.1) is 0 Å². The molecule has 2 saturated heterocycles. The number of ether oxygens (including phenoxy) is 1. The van der Waals surface area contributed by atoms with Gasteiger partial charge >= 0.3 is 0 Å². The standard InChI is InChI=1S/C32H47N3O3/c1-4-5-6-7-8-9-10-11-12-16-22-32(29(37)33-31(32)21-17-18-26(2)23-31)38-25-30(3)24-35(34-28(30)36)27-19-14-13-15-20-27/h13-15,17-21H,4-12,16,22-25H2,1-3H3,(H,33,37)(H,34,36). The van der Waals surface area contributed by atoms with Crippen molar-refractivity contribution in [3.8, 4) is 0 Å². The second kappa shape index (κ2) is 12.5. The van der Waals surface area contributed by atoms with Crippen molar-refractivity contribution in [2.24, 2.45) is 5.41 Å². The summed E-state index contributed by atoms with van der Waals surface area (Å²) in [5, 5.41) is 5.08. The maximum absolute atomic E-state index is 13.3. The minimum absolute atomic E-state index is 0.0466. The van der Waals surface area contributed by atoms with Crippen LogP contribution >= 0.6 is 0 Å². The molecule has 3 unspecified atom stereocenters. The molecule has 6 heteroatoms. The Morgan fingerprint density at radius 1 is 0.921 bits per heavy atom. The molecule has 6 nitrogen and oxygen atoms in total. The van der Waals surface area contributed by atoms with Gasteiger partial charge in [0.2, 0.25) is 5.91 Å². The van der Waals surface area contributed by atoms with Crippen molar-refractivity contribution in [2.75, 3.05) is 18.2 Å². The summed E-state index contributed by atoms with van der Waals surface area (Å²) in [4.78, 5) is 26.4. The highest BCUT2D eigenvalue weighted by Gasteiger charge is 2.66. The number of hydrogen-bond acceptors (Lipinski definition) is 4. The van der Waals surface area contributed by atoms with E-state index in [1.54, 1.807) is 0 Å². The first-order valence-electron chi connectivity index (χ1n) is 14.8. The molecule has 1 spiro atoms. The van der Waals surface area contributed by atoms with E-state index < -0.39 is 16.6 Å². The van der Waals surface area contributed by atoms with Gasteiger partial charge in [-0.25, -0.2) is 0 Å². The van der Waals surface area contributed by atoms with Crippen LogP contribution in [0.1, 0.15) is 97.8 Å². The molecule has 0 aromatic heterocycles. The Hall–Kier alpha value is -2.60. The summed E-state index contributed by atoms with van der Waals surface area (Å²) in [5.74, 6) is -0.117. The number of amides is 2. The van der Waals surface area contributed by atoms with Crippen molar-refractivity contribution < 1.29 is 14.3 Å². The van der Waals surface area contributed by atoms with Gasteiger partial charge < -0.3 is 10.1 Å². The molecule has 4 rings (SSSR count). The maximum atomic E-state index is 13.3. The fraction of sp³-hybridized carbons (Fsp3) is 0.625. The lowest BCUT2D eigenvalue weighted by atomic mass is 9.64. The van der Waals surface area contributed by atoms with Crippen LogP contribution in [-0.4, -0.2) is 36.1 Å². The van der Waals surface area contributed by atoms with Crippen LogP contribution in [0.2, 0.25) is 0 Å². The summed E-state index contributed by atoms with van der Waals surface area (Å²) in [7, 11) is 0. The van der Waals surface area contributed by atoms with Crippen LogP contribution in [0.5, 0.6) is 0 Å². The highest BCUT2D eigenvalue weighted by atomic mass is 16.5. The molecular weight excluding hydrogens is 474 g/mol. The van der Waals surface area contributed by atoms with Gasteiger partial charge in [0.25, 0.3) is 5.91 Å². The number of benzene rings is 1. The van der Waals surface area contributed by atoms with Gasteiger partial charge in [-0.1, -0.05) is 107 Å². The van der Waals surface area contributed by atoms with Crippen molar-refractivity contribution in [1.82, 2.24) is 10.7 Å². The Morgan fingerprint density at radius 3 is 2.21 bits per heavy atom. The van der Waals surface area contributed by atoms with Crippen LogP contribution in [0, 0.1) is 5.41 Å². The number of carbonyl (C=O) groups is 2. The minimum Gasteiger partial charge on any atom is -0.361 e. The minimum atomic E-state index is -0.942. The Bertz CT molecular complexity index is 1020.